The summed E-state index contributed by atoms with van der Waals surface area (Å²) in [5, 5.41) is 3.11. The molecule has 1 heterocycles. The molecule has 0 radical (unpaired) electrons. The fourth-order valence-electron chi connectivity index (χ4n) is 3.98. The molecule has 2 saturated carbocycles. The normalized spacial score (nSPS) is 24.6. The van der Waals surface area contributed by atoms with Gasteiger partial charge in [-0.2, -0.15) is 0 Å². The lowest BCUT2D eigenvalue weighted by Crippen LogP contribution is -2.36. The Morgan fingerprint density at radius 1 is 1.11 bits per heavy atom. The van der Waals surface area contributed by atoms with Gasteiger partial charge >= 0.3 is 0 Å². The number of hydrogen-bond acceptors (Lipinski definition) is 4. The van der Waals surface area contributed by atoms with Gasteiger partial charge in [0.2, 0.25) is 11.8 Å². The van der Waals surface area contributed by atoms with Crippen molar-refractivity contribution in [1.29, 1.82) is 0 Å². The van der Waals surface area contributed by atoms with Crippen molar-refractivity contribution in [3.63, 3.8) is 0 Å². The Hall–Kier alpha value is -2.24. The van der Waals surface area contributed by atoms with Crippen molar-refractivity contribution in [3.05, 3.63) is 23.8 Å². The molecule has 6 nitrogen and oxygen atoms in total. The zero-order valence-electron chi connectivity index (χ0n) is 16.1. The molecule has 1 aliphatic heterocycles. The third kappa shape index (κ3) is 3.89. The Kier molecular flexibility index (Phi) is 4.98. The quantitative estimate of drug-likeness (QED) is 0.797. The number of amides is 2. The predicted molar refractivity (Wildman–Crippen MR) is 101 cm³/mol. The summed E-state index contributed by atoms with van der Waals surface area (Å²) in [4.78, 5) is 27.4. The van der Waals surface area contributed by atoms with Crippen molar-refractivity contribution in [3.8, 4) is 11.5 Å². The zero-order valence-corrected chi connectivity index (χ0v) is 16.1. The highest BCUT2D eigenvalue weighted by Gasteiger charge is 2.44. The highest BCUT2D eigenvalue weighted by atomic mass is 16.5. The fourth-order valence-corrected chi connectivity index (χ4v) is 3.98. The molecule has 146 valence electrons. The van der Waals surface area contributed by atoms with Crippen molar-refractivity contribution in [1.82, 2.24) is 10.2 Å². The largest absolute Gasteiger partial charge is 0.497 e. The molecule has 3 aliphatic rings. The molecule has 2 aliphatic carbocycles. The van der Waals surface area contributed by atoms with Gasteiger partial charge in [-0.3, -0.25) is 9.59 Å². The first-order valence-corrected chi connectivity index (χ1v) is 9.89. The molecule has 3 fully saturated rings. The standard InChI is InChI=1S/C21H28N2O4/c1-26-15-7-8-16(19(9-15)27-2)17-11-23(21(25)14-5-6-14)12-18(17)20(24)22-10-13-3-4-13/h7-9,13-14,17-18H,3-6,10-12H2,1-2H3,(H,22,24)/t17-,18+/m1/s1. The van der Waals surface area contributed by atoms with Crippen LogP contribution in [0.4, 0.5) is 0 Å². The lowest BCUT2D eigenvalue weighted by Gasteiger charge is -2.21. The first-order valence-electron chi connectivity index (χ1n) is 9.89. The molecular formula is C21H28N2O4. The SMILES string of the molecule is COc1ccc([C@H]2CN(C(=O)C3CC3)C[C@@H]2C(=O)NCC2CC2)c(OC)c1. The molecule has 27 heavy (non-hydrogen) atoms. The van der Waals surface area contributed by atoms with Crippen LogP contribution < -0.4 is 14.8 Å². The van der Waals surface area contributed by atoms with E-state index in [4.69, 9.17) is 9.47 Å². The van der Waals surface area contributed by atoms with Crippen molar-refractivity contribution in [2.45, 2.75) is 31.6 Å². The van der Waals surface area contributed by atoms with E-state index in [1.54, 1.807) is 14.2 Å². The van der Waals surface area contributed by atoms with E-state index in [9.17, 15) is 9.59 Å². The topological polar surface area (TPSA) is 67.9 Å². The van der Waals surface area contributed by atoms with Crippen LogP contribution in [-0.2, 0) is 9.59 Å². The van der Waals surface area contributed by atoms with Crippen LogP contribution in [-0.4, -0.2) is 50.6 Å². The lowest BCUT2D eigenvalue weighted by molar-refractivity contribution is -0.132. The number of likely N-dealkylation sites (tertiary alicyclic amines) is 1. The van der Waals surface area contributed by atoms with Gasteiger partial charge in [0.05, 0.1) is 20.1 Å². The van der Waals surface area contributed by atoms with Gasteiger partial charge < -0.3 is 19.7 Å². The van der Waals surface area contributed by atoms with Crippen LogP contribution in [0.1, 0.15) is 37.2 Å². The van der Waals surface area contributed by atoms with Crippen LogP contribution in [0.5, 0.6) is 11.5 Å². The average molecular weight is 372 g/mol. The van der Waals surface area contributed by atoms with Crippen LogP contribution in [0.3, 0.4) is 0 Å². The summed E-state index contributed by atoms with van der Waals surface area (Å²) in [6, 6.07) is 5.71. The number of nitrogens with zero attached hydrogens (tertiary/aromatic N) is 1. The van der Waals surface area contributed by atoms with E-state index in [1.807, 2.05) is 23.1 Å². The Balaban J connectivity index is 1.57. The summed E-state index contributed by atoms with van der Waals surface area (Å²) in [6.45, 7) is 1.81. The van der Waals surface area contributed by atoms with Crippen molar-refractivity contribution >= 4 is 11.8 Å². The van der Waals surface area contributed by atoms with Gasteiger partial charge in [0.25, 0.3) is 0 Å². The number of methoxy groups -OCH3 is 2. The molecule has 2 atom stereocenters. The molecular weight excluding hydrogens is 344 g/mol. The molecule has 1 N–H and O–H groups in total. The van der Waals surface area contributed by atoms with Gasteiger partial charge in [0, 0.05) is 43.1 Å². The third-order valence-corrected chi connectivity index (χ3v) is 6.00. The molecule has 1 aromatic rings. The van der Waals surface area contributed by atoms with E-state index in [2.05, 4.69) is 5.32 Å². The fraction of sp³-hybridized carbons (Fsp3) is 0.619. The summed E-state index contributed by atoms with van der Waals surface area (Å²) in [5.41, 5.74) is 0.968. The second-order valence-corrected chi connectivity index (χ2v) is 8.03. The van der Waals surface area contributed by atoms with Crippen LogP contribution in [0, 0.1) is 17.8 Å². The van der Waals surface area contributed by atoms with Crippen LogP contribution >= 0.6 is 0 Å². The van der Waals surface area contributed by atoms with Crippen LogP contribution in [0.15, 0.2) is 18.2 Å². The van der Waals surface area contributed by atoms with Crippen molar-refractivity contribution < 1.29 is 19.1 Å². The maximum absolute atomic E-state index is 12.9. The van der Waals surface area contributed by atoms with Crippen LogP contribution in [0.25, 0.3) is 0 Å². The Labute approximate surface area is 160 Å². The Bertz CT molecular complexity index is 727. The van der Waals surface area contributed by atoms with E-state index in [0.29, 0.717) is 30.5 Å². The van der Waals surface area contributed by atoms with Crippen molar-refractivity contribution in [2.75, 3.05) is 33.9 Å². The number of nitrogens with one attached hydrogen (secondary N) is 1. The van der Waals surface area contributed by atoms with E-state index in [1.165, 1.54) is 12.8 Å². The predicted octanol–water partition coefficient (Wildman–Crippen LogP) is 2.18. The van der Waals surface area contributed by atoms with E-state index in [0.717, 1.165) is 24.9 Å². The molecule has 0 unspecified atom stereocenters. The lowest BCUT2D eigenvalue weighted by atomic mass is 9.87. The maximum atomic E-state index is 12.9. The minimum Gasteiger partial charge on any atom is -0.497 e. The monoisotopic (exact) mass is 372 g/mol. The van der Waals surface area contributed by atoms with Gasteiger partial charge in [-0.1, -0.05) is 6.07 Å². The number of carbonyl (C=O) groups is 2. The van der Waals surface area contributed by atoms with Gasteiger partial charge in [0.15, 0.2) is 0 Å². The number of rotatable bonds is 7. The molecule has 6 heteroatoms. The summed E-state index contributed by atoms with van der Waals surface area (Å²) in [7, 11) is 3.25. The van der Waals surface area contributed by atoms with E-state index in [-0.39, 0.29) is 29.6 Å². The van der Waals surface area contributed by atoms with Crippen LogP contribution in [0.2, 0.25) is 0 Å². The average Bonchev–Trinajstić information content (AvgIpc) is 3.62. The summed E-state index contributed by atoms with van der Waals surface area (Å²) in [5.74, 6) is 2.17. The molecule has 4 rings (SSSR count). The molecule has 2 amide bonds. The minimum absolute atomic E-state index is 0.0517. The van der Waals surface area contributed by atoms with E-state index >= 15 is 0 Å². The smallest absolute Gasteiger partial charge is 0.225 e. The highest BCUT2D eigenvalue weighted by Crippen LogP contribution is 2.41. The minimum atomic E-state index is -0.242. The molecule has 1 aromatic carbocycles. The van der Waals surface area contributed by atoms with Gasteiger partial charge in [0.1, 0.15) is 11.5 Å². The first kappa shape index (κ1) is 18.1. The molecule has 1 saturated heterocycles. The number of carbonyl (C=O) groups excluding carboxylic acids is 2. The Morgan fingerprint density at radius 3 is 2.52 bits per heavy atom. The summed E-state index contributed by atoms with van der Waals surface area (Å²) >= 11 is 0. The molecule has 0 bridgehead atoms. The van der Waals surface area contributed by atoms with Crippen molar-refractivity contribution in [2.24, 2.45) is 17.8 Å². The summed E-state index contributed by atoms with van der Waals surface area (Å²) in [6.07, 6.45) is 4.36. The third-order valence-electron chi connectivity index (χ3n) is 6.00. The first-order chi connectivity index (χ1) is 13.1. The number of benzene rings is 1. The summed E-state index contributed by atoms with van der Waals surface area (Å²) < 4.78 is 10.9. The van der Waals surface area contributed by atoms with Gasteiger partial charge in [-0.15, -0.1) is 0 Å². The maximum Gasteiger partial charge on any atom is 0.225 e. The number of hydrogen-bond donors (Lipinski definition) is 1. The van der Waals surface area contributed by atoms with Gasteiger partial charge in [-0.05, 0) is 37.7 Å². The zero-order chi connectivity index (χ0) is 19.0. The second kappa shape index (κ2) is 7.41. The number of ether oxygens (including phenoxy) is 2. The Morgan fingerprint density at radius 2 is 1.89 bits per heavy atom. The molecule has 0 aromatic heterocycles. The second-order valence-electron chi connectivity index (χ2n) is 8.03. The molecule has 0 spiro atoms. The van der Waals surface area contributed by atoms with E-state index < -0.39 is 0 Å². The van der Waals surface area contributed by atoms with Gasteiger partial charge in [-0.25, -0.2) is 0 Å². The highest BCUT2D eigenvalue weighted by molar-refractivity contribution is 5.85.